The summed E-state index contributed by atoms with van der Waals surface area (Å²) < 4.78 is 5.80. The van der Waals surface area contributed by atoms with Crippen molar-refractivity contribution in [3.8, 4) is 0 Å². The van der Waals surface area contributed by atoms with E-state index in [0.29, 0.717) is 30.3 Å². The van der Waals surface area contributed by atoms with Crippen molar-refractivity contribution >= 4 is 23.1 Å². The van der Waals surface area contributed by atoms with Crippen LogP contribution in [0.1, 0.15) is 44.9 Å². The predicted octanol–water partition coefficient (Wildman–Crippen LogP) is 3.68. The number of aryl methyl sites for hydroxylation is 1. The van der Waals surface area contributed by atoms with E-state index in [1.54, 1.807) is 12.1 Å². The van der Waals surface area contributed by atoms with Crippen molar-refractivity contribution in [2.24, 2.45) is 11.8 Å². The van der Waals surface area contributed by atoms with Crippen molar-refractivity contribution in [2.45, 2.75) is 38.9 Å². The number of Topliss-reactive ketones (excluding diaryl/α,β-unsaturated/α-hetero) is 1. The van der Waals surface area contributed by atoms with E-state index in [2.05, 4.69) is 0 Å². The molecule has 1 aromatic heterocycles. The number of thiophene rings is 1. The van der Waals surface area contributed by atoms with E-state index >= 15 is 0 Å². The molecule has 1 unspecified atom stereocenters. The lowest BCUT2D eigenvalue weighted by molar-refractivity contribution is -0.121. The van der Waals surface area contributed by atoms with E-state index in [1.165, 1.54) is 11.3 Å². The van der Waals surface area contributed by atoms with E-state index in [0.717, 1.165) is 35.3 Å². The normalized spacial score (nSPS) is 19.5. The van der Waals surface area contributed by atoms with Gasteiger partial charge in [0.05, 0.1) is 19.8 Å². The minimum absolute atomic E-state index is 0.00494. The topological polar surface area (TPSA) is 83.8 Å². The molecule has 0 bridgehead atoms. The van der Waals surface area contributed by atoms with Crippen LogP contribution in [0.25, 0.3) is 0 Å². The number of aliphatic hydroxyl groups excluding tert-OH is 1. The molecular weight excluding hydrogens is 364 g/mol. The molecule has 0 spiro atoms. The van der Waals surface area contributed by atoms with Gasteiger partial charge in [-0.2, -0.15) is 0 Å². The highest BCUT2D eigenvalue weighted by atomic mass is 32.1. The van der Waals surface area contributed by atoms with Crippen LogP contribution in [0, 0.1) is 11.8 Å². The summed E-state index contributed by atoms with van der Waals surface area (Å²) in [5, 5.41) is 18.4. The number of aliphatic hydroxyl groups is 1. The van der Waals surface area contributed by atoms with Crippen molar-refractivity contribution in [3.05, 3.63) is 57.3 Å². The molecule has 1 aliphatic carbocycles. The third-order valence-electron chi connectivity index (χ3n) is 5.21. The van der Waals surface area contributed by atoms with Crippen LogP contribution < -0.4 is 0 Å². The Morgan fingerprint density at radius 2 is 1.96 bits per heavy atom. The lowest BCUT2D eigenvalue weighted by Gasteiger charge is -2.19. The van der Waals surface area contributed by atoms with Crippen LogP contribution in [-0.4, -0.2) is 28.6 Å². The molecule has 1 aromatic carbocycles. The average Bonchev–Trinajstić information content (AvgIpc) is 3.28. The number of hydrogen-bond acceptors (Lipinski definition) is 5. The monoisotopic (exact) mass is 388 g/mol. The molecule has 2 N–H and O–H groups in total. The fourth-order valence-corrected chi connectivity index (χ4v) is 4.51. The molecule has 1 fully saturated rings. The van der Waals surface area contributed by atoms with Gasteiger partial charge < -0.3 is 14.9 Å². The minimum atomic E-state index is -0.920. The average molecular weight is 388 g/mol. The van der Waals surface area contributed by atoms with E-state index in [4.69, 9.17) is 9.84 Å². The number of carboxylic acids is 1. The maximum Gasteiger partial charge on any atom is 0.345 e. The Bertz CT molecular complexity index is 797. The Morgan fingerprint density at radius 3 is 2.67 bits per heavy atom. The summed E-state index contributed by atoms with van der Waals surface area (Å²) >= 11 is 1.22. The van der Waals surface area contributed by atoms with Gasteiger partial charge in [0.1, 0.15) is 10.7 Å². The molecule has 2 atom stereocenters. The Kier molecular flexibility index (Phi) is 6.77. The summed E-state index contributed by atoms with van der Waals surface area (Å²) in [5.74, 6) is -0.419. The van der Waals surface area contributed by atoms with Gasteiger partial charge in [-0.1, -0.05) is 24.3 Å². The standard InChI is InChI=1S/C21H24O5S/c22-11-15-4-2-1-3-14(15)5-8-18-16(6-9-19(18)23)12-26-13-17-7-10-20(27-17)21(24)25/h1-4,7,10,16,18,22H,5-6,8-9,11-13H2,(H,24,25)/t16-,18?/m1/s1. The first-order chi connectivity index (χ1) is 13.1. The van der Waals surface area contributed by atoms with Gasteiger partial charge in [0, 0.05) is 17.2 Å². The molecule has 27 heavy (non-hydrogen) atoms. The Morgan fingerprint density at radius 1 is 1.19 bits per heavy atom. The number of carbonyl (C=O) groups is 2. The van der Waals surface area contributed by atoms with Crippen molar-refractivity contribution in [3.63, 3.8) is 0 Å². The van der Waals surface area contributed by atoms with E-state index < -0.39 is 5.97 Å². The van der Waals surface area contributed by atoms with Gasteiger partial charge in [-0.3, -0.25) is 4.79 Å². The molecule has 5 nitrogen and oxygen atoms in total. The summed E-state index contributed by atoms with van der Waals surface area (Å²) in [5.41, 5.74) is 2.02. The number of ketones is 1. The summed E-state index contributed by atoms with van der Waals surface area (Å²) in [4.78, 5) is 24.4. The van der Waals surface area contributed by atoms with Crippen LogP contribution in [0.3, 0.4) is 0 Å². The van der Waals surface area contributed by atoms with Crippen LogP contribution in [0.2, 0.25) is 0 Å². The van der Waals surface area contributed by atoms with Crippen LogP contribution in [0.15, 0.2) is 36.4 Å². The quantitative estimate of drug-likeness (QED) is 0.685. The number of rotatable bonds is 9. The lowest BCUT2D eigenvalue weighted by Crippen LogP contribution is -2.20. The lowest BCUT2D eigenvalue weighted by atomic mass is 9.89. The Balaban J connectivity index is 1.52. The molecule has 6 heteroatoms. The fourth-order valence-electron chi connectivity index (χ4n) is 3.72. The molecule has 3 rings (SSSR count). The number of aromatic carboxylic acids is 1. The molecule has 144 valence electrons. The number of hydrogen-bond donors (Lipinski definition) is 2. The number of carbonyl (C=O) groups excluding carboxylic acids is 1. The van der Waals surface area contributed by atoms with Crippen LogP contribution in [0.4, 0.5) is 0 Å². The van der Waals surface area contributed by atoms with Gasteiger partial charge in [0.2, 0.25) is 0 Å². The summed E-state index contributed by atoms with van der Waals surface area (Å²) in [7, 11) is 0. The first-order valence-corrected chi connectivity index (χ1v) is 10.00. The molecular formula is C21H24O5S. The van der Waals surface area contributed by atoms with Crippen molar-refractivity contribution < 1.29 is 24.5 Å². The zero-order chi connectivity index (χ0) is 19.2. The highest BCUT2D eigenvalue weighted by Crippen LogP contribution is 2.33. The van der Waals surface area contributed by atoms with Crippen molar-refractivity contribution in [1.82, 2.24) is 0 Å². The Labute approximate surface area is 162 Å². The fraction of sp³-hybridized carbons (Fsp3) is 0.429. The zero-order valence-corrected chi connectivity index (χ0v) is 15.9. The van der Waals surface area contributed by atoms with Gasteiger partial charge in [-0.25, -0.2) is 4.79 Å². The second-order valence-corrected chi connectivity index (χ2v) is 8.09. The Hall–Kier alpha value is -2.02. The third-order valence-corrected chi connectivity index (χ3v) is 6.25. The van der Waals surface area contributed by atoms with E-state index in [-0.39, 0.29) is 18.4 Å². The van der Waals surface area contributed by atoms with Gasteiger partial charge >= 0.3 is 5.97 Å². The SMILES string of the molecule is O=C(O)c1ccc(COC[C@H]2CCC(=O)C2CCc2ccccc2CO)s1. The van der Waals surface area contributed by atoms with Crippen molar-refractivity contribution in [2.75, 3.05) is 6.61 Å². The molecule has 1 heterocycles. The molecule has 1 aliphatic rings. The molecule has 1 saturated carbocycles. The van der Waals surface area contributed by atoms with E-state index in [9.17, 15) is 14.7 Å². The highest BCUT2D eigenvalue weighted by Gasteiger charge is 2.34. The van der Waals surface area contributed by atoms with Crippen LogP contribution >= 0.6 is 11.3 Å². The first-order valence-electron chi connectivity index (χ1n) is 9.18. The van der Waals surface area contributed by atoms with Crippen molar-refractivity contribution in [1.29, 1.82) is 0 Å². The molecule has 0 amide bonds. The predicted molar refractivity (Wildman–Crippen MR) is 103 cm³/mol. The number of ether oxygens (including phenoxy) is 1. The zero-order valence-electron chi connectivity index (χ0n) is 15.1. The van der Waals surface area contributed by atoms with Gasteiger partial charge in [-0.05, 0) is 48.4 Å². The van der Waals surface area contributed by atoms with Gasteiger partial charge in [-0.15, -0.1) is 11.3 Å². The molecule has 2 aromatic rings. The smallest absolute Gasteiger partial charge is 0.345 e. The van der Waals surface area contributed by atoms with Crippen LogP contribution in [-0.2, 0) is 29.2 Å². The number of benzene rings is 1. The maximum absolute atomic E-state index is 12.3. The van der Waals surface area contributed by atoms with Crippen LogP contribution in [0.5, 0.6) is 0 Å². The molecule has 0 radical (unpaired) electrons. The minimum Gasteiger partial charge on any atom is -0.477 e. The van der Waals surface area contributed by atoms with E-state index in [1.807, 2.05) is 24.3 Å². The molecule has 0 aliphatic heterocycles. The summed E-state index contributed by atoms with van der Waals surface area (Å²) in [6.07, 6.45) is 2.99. The van der Waals surface area contributed by atoms with Gasteiger partial charge in [0.15, 0.2) is 0 Å². The van der Waals surface area contributed by atoms with Gasteiger partial charge in [0.25, 0.3) is 0 Å². The summed E-state index contributed by atoms with van der Waals surface area (Å²) in [6, 6.07) is 11.2. The summed E-state index contributed by atoms with van der Waals surface area (Å²) in [6.45, 7) is 0.904. The second kappa shape index (κ2) is 9.26. The number of carboxylic acid groups (broad SMARTS) is 1. The largest absolute Gasteiger partial charge is 0.477 e. The second-order valence-electron chi connectivity index (χ2n) is 6.92. The maximum atomic E-state index is 12.3. The first kappa shape index (κ1) is 19.7. The highest BCUT2D eigenvalue weighted by molar-refractivity contribution is 7.13. The molecule has 0 saturated heterocycles. The third kappa shape index (κ3) is 5.03.